The molecule has 7 nitrogen and oxygen atoms in total. The Hall–Kier alpha value is -1.79. The van der Waals surface area contributed by atoms with Crippen LogP contribution in [0.3, 0.4) is 0 Å². The molecule has 0 radical (unpaired) electrons. The molecule has 0 bridgehead atoms. The molecule has 0 aliphatic carbocycles. The molecule has 0 rings (SSSR count). The Morgan fingerprint density at radius 3 is 2.00 bits per heavy atom. The van der Waals surface area contributed by atoms with Gasteiger partial charge in [-0.2, -0.15) is 0 Å². The number of rotatable bonds is 9. The summed E-state index contributed by atoms with van der Waals surface area (Å²) < 4.78 is 0. The maximum absolute atomic E-state index is 12.0. The zero-order chi connectivity index (χ0) is 15.7. The number of amides is 2. The van der Waals surface area contributed by atoms with Gasteiger partial charge in [0.2, 0.25) is 0 Å². The maximum atomic E-state index is 12.0. The lowest BCUT2D eigenvalue weighted by atomic mass is 10.0. The second-order valence-corrected chi connectivity index (χ2v) is 4.66. The highest BCUT2D eigenvalue weighted by molar-refractivity contribution is 5.86. The van der Waals surface area contributed by atoms with E-state index in [1.165, 1.54) is 4.90 Å². The van der Waals surface area contributed by atoms with Crippen LogP contribution in [0.25, 0.3) is 0 Å². The molecule has 0 fully saturated rings. The van der Waals surface area contributed by atoms with Crippen molar-refractivity contribution in [3.8, 4) is 0 Å². The minimum absolute atomic E-state index is 0.350. The molecule has 0 saturated heterocycles. The summed E-state index contributed by atoms with van der Waals surface area (Å²) in [5.41, 5.74) is 0. The molecule has 0 aromatic heterocycles. The van der Waals surface area contributed by atoms with Gasteiger partial charge in [0.1, 0.15) is 6.04 Å². The summed E-state index contributed by atoms with van der Waals surface area (Å²) in [6, 6.07) is -1.94. The highest BCUT2D eigenvalue weighted by atomic mass is 16.4. The van der Waals surface area contributed by atoms with Gasteiger partial charge in [-0.25, -0.2) is 9.59 Å². The second-order valence-electron chi connectivity index (χ2n) is 4.66. The number of hydrogen-bond donors (Lipinski definition) is 3. The van der Waals surface area contributed by atoms with Crippen molar-refractivity contribution in [1.29, 1.82) is 0 Å². The average molecular weight is 288 g/mol. The Labute approximate surface area is 119 Å². The van der Waals surface area contributed by atoms with Crippen LogP contribution in [0.15, 0.2) is 0 Å². The SMILES string of the molecule is CCC(CC)CN(CC)C(=O)N[C@@H](CC(=O)O)C(=O)O. The Balaban J connectivity index is 4.65. The third-order valence-corrected chi connectivity index (χ3v) is 3.28. The number of carboxylic acids is 2. The molecule has 0 unspecified atom stereocenters. The van der Waals surface area contributed by atoms with E-state index in [0.717, 1.165) is 12.8 Å². The molecule has 116 valence electrons. The van der Waals surface area contributed by atoms with Gasteiger partial charge in [0.15, 0.2) is 0 Å². The van der Waals surface area contributed by atoms with Crippen LogP contribution in [0, 0.1) is 5.92 Å². The first kappa shape index (κ1) is 18.2. The van der Waals surface area contributed by atoms with Gasteiger partial charge in [-0.15, -0.1) is 0 Å². The molecule has 0 heterocycles. The smallest absolute Gasteiger partial charge is 0.326 e. The molecule has 20 heavy (non-hydrogen) atoms. The highest BCUT2D eigenvalue weighted by Crippen LogP contribution is 2.10. The van der Waals surface area contributed by atoms with Crippen LogP contribution >= 0.6 is 0 Å². The predicted octanol–water partition coefficient (Wildman–Crippen LogP) is 1.38. The van der Waals surface area contributed by atoms with Gasteiger partial charge in [-0.1, -0.05) is 26.7 Å². The van der Waals surface area contributed by atoms with Crippen molar-refractivity contribution in [2.45, 2.75) is 46.1 Å². The molecular weight excluding hydrogens is 264 g/mol. The maximum Gasteiger partial charge on any atom is 0.326 e. The first-order valence-electron chi connectivity index (χ1n) is 6.85. The van der Waals surface area contributed by atoms with Gasteiger partial charge < -0.3 is 20.4 Å². The Kier molecular flexibility index (Phi) is 8.35. The summed E-state index contributed by atoms with van der Waals surface area (Å²) in [5.74, 6) is -2.26. The molecule has 0 aromatic carbocycles. The van der Waals surface area contributed by atoms with E-state index in [2.05, 4.69) is 5.32 Å². The Bertz CT molecular complexity index is 342. The van der Waals surface area contributed by atoms with Crippen molar-refractivity contribution >= 4 is 18.0 Å². The van der Waals surface area contributed by atoms with E-state index >= 15 is 0 Å². The predicted molar refractivity (Wildman–Crippen MR) is 73.5 cm³/mol. The highest BCUT2D eigenvalue weighted by Gasteiger charge is 2.25. The molecule has 1 atom stereocenters. The average Bonchev–Trinajstić information content (AvgIpc) is 2.38. The number of urea groups is 1. The van der Waals surface area contributed by atoms with Crippen LogP contribution < -0.4 is 5.32 Å². The van der Waals surface area contributed by atoms with E-state index in [4.69, 9.17) is 10.2 Å². The van der Waals surface area contributed by atoms with E-state index in [1.807, 2.05) is 13.8 Å². The normalized spacial score (nSPS) is 12.0. The van der Waals surface area contributed by atoms with Crippen molar-refractivity contribution in [2.24, 2.45) is 5.92 Å². The lowest BCUT2D eigenvalue weighted by Gasteiger charge is -2.27. The summed E-state index contributed by atoms with van der Waals surface area (Å²) >= 11 is 0. The number of nitrogens with one attached hydrogen (secondary N) is 1. The van der Waals surface area contributed by atoms with Gasteiger partial charge in [-0.05, 0) is 12.8 Å². The molecule has 0 aliphatic heterocycles. The van der Waals surface area contributed by atoms with Gasteiger partial charge in [0.05, 0.1) is 6.42 Å². The fourth-order valence-electron chi connectivity index (χ4n) is 1.83. The van der Waals surface area contributed by atoms with Crippen LogP contribution in [0.5, 0.6) is 0 Å². The fraction of sp³-hybridized carbons (Fsp3) is 0.769. The van der Waals surface area contributed by atoms with Gasteiger partial charge in [0, 0.05) is 13.1 Å². The summed E-state index contributed by atoms with van der Waals surface area (Å²) in [4.78, 5) is 35.0. The molecule has 3 N–H and O–H groups in total. The van der Waals surface area contributed by atoms with Gasteiger partial charge >= 0.3 is 18.0 Å². The van der Waals surface area contributed by atoms with Crippen LogP contribution in [-0.2, 0) is 9.59 Å². The Morgan fingerprint density at radius 2 is 1.65 bits per heavy atom. The van der Waals surface area contributed by atoms with Crippen LogP contribution in [0.4, 0.5) is 4.79 Å². The number of aliphatic carboxylic acids is 2. The zero-order valence-corrected chi connectivity index (χ0v) is 12.3. The first-order valence-corrected chi connectivity index (χ1v) is 6.85. The van der Waals surface area contributed by atoms with Crippen LogP contribution in [0.1, 0.15) is 40.0 Å². The van der Waals surface area contributed by atoms with Crippen molar-refractivity contribution < 1.29 is 24.6 Å². The van der Waals surface area contributed by atoms with Crippen LogP contribution in [-0.4, -0.2) is 52.2 Å². The largest absolute Gasteiger partial charge is 0.481 e. The van der Waals surface area contributed by atoms with E-state index < -0.39 is 30.4 Å². The zero-order valence-electron chi connectivity index (χ0n) is 12.3. The summed E-state index contributed by atoms with van der Waals surface area (Å²) in [5, 5.41) is 19.8. The Morgan fingerprint density at radius 1 is 1.10 bits per heavy atom. The number of nitrogens with zero attached hydrogens (tertiary/aromatic N) is 1. The minimum Gasteiger partial charge on any atom is -0.481 e. The van der Waals surface area contributed by atoms with Gasteiger partial charge in [0.25, 0.3) is 0 Å². The van der Waals surface area contributed by atoms with Crippen LogP contribution in [0.2, 0.25) is 0 Å². The van der Waals surface area contributed by atoms with Crippen molar-refractivity contribution in [1.82, 2.24) is 10.2 Å². The van der Waals surface area contributed by atoms with E-state index in [0.29, 0.717) is 19.0 Å². The number of hydrogen-bond acceptors (Lipinski definition) is 3. The van der Waals surface area contributed by atoms with E-state index in [1.54, 1.807) is 6.92 Å². The third-order valence-electron chi connectivity index (χ3n) is 3.28. The molecule has 0 saturated carbocycles. The number of carbonyl (C=O) groups is 3. The molecule has 0 spiro atoms. The quantitative estimate of drug-likeness (QED) is 0.594. The molecule has 0 aromatic rings. The summed E-state index contributed by atoms with van der Waals surface area (Å²) in [6.07, 6.45) is 1.22. The van der Waals surface area contributed by atoms with Crippen molar-refractivity contribution in [3.05, 3.63) is 0 Å². The summed E-state index contributed by atoms with van der Waals surface area (Å²) in [6.45, 7) is 6.85. The second kappa shape index (κ2) is 9.17. The molecular formula is C13H24N2O5. The standard InChI is InChI=1S/C13H24N2O5/c1-4-9(5-2)8-15(6-3)13(20)14-10(12(18)19)7-11(16)17/h9-10H,4-8H2,1-3H3,(H,14,20)(H,16,17)(H,18,19)/t10-/m0/s1. The minimum atomic E-state index is -1.41. The first-order chi connectivity index (χ1) is 9.35. The van der Waals surface area contributed by atoms with Crippen molar-refractivity contribution in [3.63, 3.8) is 0 Å². The van der Waals surface area contributed by atoms with Crippen molar-refractivity contribution in [2.75, 3.05) is 13.1 Å². The lowest BCUT2D eigenvalue weighted by molar-refractivity contribution is -0.145. The van der Waals surface area contributed by atoms with Gasteiger partial charge in [-0.3, -0.25) is 4.79 Å². The number of carbonyl (C=O) groups excluding carboxylic acids is 1. The monoisotopic (exact) mass is 288 g/mol. The van der Waals surface area contributed by atoms with E-state index in [9.17, 15) is 14.4 Å². The fourth-order valence-corrected chi connectivity index (χ4v) is 1.83. The number of carboxylic acid groups (broad SMARTS) is 2. The molecule has 0 aliphatic rings. The molecule has 7 heteroatoms. The third kappa shape index (κ3) is 6.40. The van der Waals surface area contributed by atoms with E-state index in [-0.39, 0.29) is 0 Å². The lowest BCUT2D eigenvalue weighted by Crippen LogP contribution is -2.49. The molecule has 2 amide bonds. The summed E-state index contributed by atoms with van der Waals surface area (Å²) in [7, 11) is 0. The topological polar surface area (TPSA) is 107 Å².